The Labute approximate surface area is 55.7 Å². The predicted octanol–water partition coefficient (Wildman–Crippen LogP) is 1.40. The molecule has 50 valence electrons. The second-order valence-corrected chi connectivity index (χ2v) is 8.85. The first-order chi connectivity index (χ1) is 3.25. The summed E-state index contributed by atoms with van der Waals surface area (Å²) in [4.78, 5) is 0. The average Bonchev–Trinajstić information content (AvgIpc) is 1.25. The Balaban J connectivity index is 4.02. The lowest BCUT2D eigenvalue weighted by molar-refractivity contribution is 0.796. The fraction of sp³-hybridized carbons (Fsp3) is 1.00. The van der Waals surface area contributed by atoms with Gasteiger partial charge >= 0.3 is 0 Å². The van der Waals surface area contributed by atoms with Gasteiger partial charge in [0.05, 0.1) is 0 Å². The molecule has 0 atom stereocenters. The quantitative estimate of drug-likeness (QED) is 0.437. The molecule has 0 fully saturated rings. The largest absolute Gasteiger partial charge is 0.278 e. The predicted molar refractivity (Wildman–Crippen MR) is 47.7 cm³/mol. The molecule has 0 amide bonds. The maximum atomic E-state index is 2.35. The lowest BCUT2D eigenvalue weighted by Gasteiger charge is -2.41. The van der Waals surface area contributed by atoms with Crippen molar-refractivity contribution in [3.05, 3.63) is 0 Å². The molecule has 0 unspecified atom stereocenters. The molecule has 0 aromatic heterocycles. The van der Waals surface area contributed by atoms with Gasteiger partial charge in [-0.2, -0.15) is 0 Å². The Morgan fingerprint density at radius 2 is 1.25 bits per heavy atom. The van der Waals surface area contributed by atoms with E-state index >= 15 is 0 Å². The fourth-order valence-corrected chi connectivity index (χ4v) is 0. The van der Waals surface area contributed by atoms with Crippen LogP contribution in [0.5, 0.6) is 0 Å². The molecule has 0 heterocycles. The van der Waals surface area contributed by atoms with Gasteiger partial charge in [-0.05, 0) is 17.3 Å². The summed E-state index contributed by atoms with van der Waals surface area (Å²) in [5.41, 5.74) is 0. The van der Waals surface area contributed by atoms with Gasteiger partial charge in [-0.1, -0.05) is 20.8 Å². The van der Waals surface area contributed by atoms with E-state index in [1.54, 1.807) is 0 Å². The summed E-state index contributed by atoms with van der Waals surface area (Å²) < 4.78 is 0.521. The van der Waals surface area contributed by atoms with Gasteiger partial charge < -0.3 is 0 Å². The average molecular weight is 132 g/mol. The van der Waals surface area contributed by atoms with Crippen LogP contribution in [0.1, 0.15) is 20.8 Å². The summed E-state index contributed by atoms with van der Waals surface area (Å²) >= 11 is 0. The van der Waals surface area contributed by atoms with Gasteiger partial charge in [0, 0.05) is 0 Å². The van der Waals surface area contributed by atoms with Gasteiger partial charge in [-0.3, -0.25) is 9.88 Å². The monoisotopic (exact) mass is 132 g/mol. The number of hydrogen-bond acceptors (Lipinski definition) is 0. The van der Waals surface area contributed by atoms with E-state index in [4.69, 9.17) is 0 Å². The molecule has 0 saturated heterocycles. The lowest BCUT2D eigenvalue weighted by atomic mass is 10.3. The third-order valence-electron chi connectivity index (χ3n) is 1.84. The second-order valence-electron chi connectivity index (χ2n) is 3.95. The van der Waals surface area contributed by atoms with Gasteiger partial charge in [0.25, 0.3) is 0 Å². The minimum Gasteiger partial charge on any atom is -0.278 e. The van der Waals surface area contributed by atoms with Crippen molar-refractivity contribution in [3.63, 3.8) is 0 Å². The fourth-order valence-electron chi connectivity index (χ4n) is 0. The summed E-state index contributed by atoms with van der Waals surface area (Å²) in [6.07, 6.45) is 4.71. The van der Waals surface area contributed by atoms with E-state index in [2.05, 4.69) is 40.4 Å². The minimum absolute atomic E-state index is 0.340. The second kappa shape index (κ2) is 1.98. The number of hydrogen-bond donors (Lipinski definition) is 0. The molecule has 0 bridgehead atoms. The smallest absolute Gasteiger partial charge is 0.153 e. The van der Waals surface area contributed by atoms with Gasteiger partial charge in [0.15, 0.2) is 7.12 Å². The molecular weight excluding hydrogens is 115 g/mol. The van der Waals surface area contributed by atoms with Crippen LogP contribution in [0.4, 0.5) is 0 Å². The third kappa shape index (κ3) is 2.12. The van der Waals surface area contributed by atoms with Crippen molar-refractivity contribution in [3.8, 4) is 0 Å². The molecule has 0 aromatic carbocycles. The van der Waals surface area contributed by atoms with E-state index in [1.165, 1.54) is 0 Å². The van der Waals surface area contributed by atoms with Crippen LogP contribution in [0.3, 0.4) is 0 Å². The van der Waals surface area contributed by atoms with E-state index in [0.29, 0.717) is 4.75 Å². The van der Waals surface area contributed by atoms with Crippen molar-refractivity contribution < 1.29 is 0 Å². The maximum absolute atomic E-state index is 2.35. The topological polar surface area (TPSA) is 0 Å². The molecule has 0 nitrogen and oxygen atoms in total. The van der Waals surface area contributed by atoms with E-state index in [9.17, 15) is 0 Å². The Bertz CT molecular complexity index is 63.5. The maximum Gasteiger partial charge on any atom is 0.153 e. The molecule has 2 heteroatoms. The first-order valence-corrected chi connectivity index (χ1v) is 5.79. The van der Waals surface area contributed by atoms with Crippen molar-refractivity contribution in [2.45, 2.75) is 25.5 Å². The molecule has 0 N–H and O–H groups in total. The van der Waals surface area contributed by atoms with Crippen molar-refractivity contribution in [1.29, 1.82) is 0 Å². The molecule has 0 radical (unpaired) electrons. The molecule has 0 rings (SSSR count). The van der Waals surface area contributed by atoms with Crippen molar-refractivity contribution in [1.82, 2.24) is 0 Å². The van der Waals surface area contributed by atoms with Crippen LogP contribution >= 0.6 is 9.88 Å². The highest BCUT2D eigenvalue weighted by atomic mass is 32.3. The molecule has 0 aliphatic rings. The van der Waals surface area contributed by atoms with E-state index in [1.807, 2.05) is 0 Å². The summed E-state index contributed by atoms with van der Waals surface area (Å²) in [5, 5.41) is 0. The highest BCUT2D eigenvalue weighted by Crippen LogP contribution is 2.47. The minimum atomic E-state index is -0.340. The summed E-state index contributed by atoms with van der Waals surface area (Å²) in [5.74, 6) is 0. The Kier molecular flexibility index (Phi) is 2.08. The van der Waals surface area contributed by atoms with Crippen molar-refractivity contribution in [2.24, 2.45) is 0 Å². The highest BCUT2D eigenvalue weighted by molar-refractivity contribution is 8.50. The van der Waals surface area contributed by atoms with Crippen molar-refractivity contribution in [2.75, 3.05) is 12.5 Å². The van der Waals surface area contributed by atoms with Gasteiger partial charge in [0.2, 0.25) is 0 Å². The number of rotatable bonds is 0. The van der Waals surface area contributed by atoms with Gasteiger partial charge in [-0.15, -0.1) is 0 Å². The van der Waals surface area contributed by atoms with Crippen LogP contribution in [0.2, 0.25) is 0 Å². The third-order valence-corrected chi connectivity index (χ3v) is 5.51. The van der Waals surface area contributed by atoms with Crippen LogP contribution in [-0.2, 0) is 0 Å². The molecule has 8 heavy (non-hydrogen) atoms. The molecule has 0 aliphatic heterocycles. The van der Waals surface area contributed by atoms with Crippen LogP contribution in [0, 0.1) is 0 Å². The summed E-state index contributed by atoms with van der Waals surface area (Å²) in [6, 6.07) is 0. The zero-order chi connectivity index (χ0) is 7.00. The zero-order valence-electron chi connectivity index (χ0n) is 6.91. The standard InChI is InChI=1S/C6H17BS/c1-6(2,3)8(4,5)7/h7H2,1-5H3. The summed E-state index contributed by atoms with van der Waals surface area (Å²) in [6.45, 7) is 6.92. The molecule has 0 saturated carbocycles. The van der Waals surface area contributed by atoms with E-state index < -0.39 is 0 Å². The van der Waals surface area contributed by atoms with Crippen LogP contribution < -0.4 is 0 Å². The molecule has 0 aliphatic carbocycles. The Morgan fingerprint density at radius 3 is 1.25 bits per heavy atom. The van der Waals surface area contributed by atoms with Crippen molar-refractivity contribution >= 4 is 17.0 Å². The van der Waals surface area contributed by atoms with E-state index in [-0.39, 0.29) is 9.88 Å². The normalized spacial score (nSPS) is 16.1. The molecular formula is C6H17BS. The SMILES string of the molecule is BS(C)(C)C(C)(C)C. The Hall–Kier alpha value is 0.415. The van der Waals surface area contributed by atoms with Crippen LogP contribution in [0.15, 0.2) is 0 Å². The van der Waals surface area contributed by atoms with Gasteiger partial charge in [-0.25, -0.2) is 0 Å². The van der Waals surface area contributed by atoms with E-state index in [0.717, 1.165) is 0 Å². The Morgan fingerprint density at radius 1 is 1.12 bits per heavy atom. The van der Waals surface area contributed by atoms with Crippen LogP contribution in [0.25, 0.3) is 0 Å². The first-order valence-electron chi connectivity index (χ1n) is 2.93. The molecule has 0 aromatic rings. The lowest BCUT2D eigenvalue weighted by Crippen LogP contribution is -2.22. The zero-order valence-corrected chi connectivity index (χ0v) is 7.72. The van der Waals surface area contributed by atoms with Crippen LogP contribution in [-0.4, -0.2) is 24.4 Å². The highest BCUT2D eigenvalue weighted by Gasteiger charge is 2.21. The molecule has 0 spiro atoms. The summed E-state index contributed by atoms with van der Waals surface area (Å²) in [7, 11) is 2.01. The van der Waals surface area contributed by atoms with Gasteiger partial charge in [0.1, 0.15) is 0 Å². The first kappa shape index (κ1) is 8.41.